The minimum atomic E-state index is -0.333. The number of amides is 1. The van der Waals surface area contributed by atoms with Crippen LogP contribution in [0.2, 0.25) is 0 Å². The van der Waals surface area contributed by atoms with Gasteiger partial charge in [-0.2, -0.15) is 5.10 Å². The van der Waals surface area contributed by atoms with Crippen LogP contribution >= 0.6 is 0 Å². The van der Waals surface area contributed by atoms with Gasteiger partial charge in [0.25, 0.3) is 5.91 Å². The Balaban J connectivity index is 1.39. The summed E-state index contributed by atoms with van der Waals surface area (Å²) in [5, 5.41) is 6.61. The van der Waals surface area contributed by atoms with Crippen molar-refractivity contribution < 1.29 is 13.9 Å². The molecule has 1 aliphatic heterocycles. The first-order valence-corrected chi connectivity index (χ1v) is 8.36. The predicted octanol–water partition coefficient (Wildman–Crippen LogP) is 2.90. The summed E-state index contributed by atoms with van der Waals surface area (Å²) < 4.78 is 19.0. The van der Waals surface area contributed by atoms with Crippen molar-refractivity contribution in [3.05, 3.63) is 66.2 Å². The number of nitrogens with one attached hydrogen (secondary N) is 1. The van der Waals surface area contributed by atoms with Crippen LogP contribution in [0.4, 0.5) is 4.39 Å². The lowest BCUT2D eigenvalue weighted by Crippen LogP contribution is -2.30. The molecule has 2 aromatic carbocycles. The number of ether oxygens (including phenoxy) is 1. The normalized spacial score (nSPS) is 16.7. The lowest BCUT2D eigenvalue weighted by Gasteiger charge is -2.17. The fraction of sp³-hybridized carbons (Fsp3) is 0.211. The van der Waals surface area contributed by atoms with E-state index in [1.54, 1.807) is 29.2 Å². The Hall–Kier alpha value is -3.22. The van der Waals surface area contributed by atoms with Crippen molar-refractivity contribution in [3.8, 4) is 17.1 Å². The van der Waals surface area contributed by atoms with Crippen molar-refractivity contribution in [1.29, 1.82) is 0 Å². The predicted molar refractivity (Wildman–Crippen MR) is 93.2 cm³/mol. The lowest BCUT2D eigenvalue weighted by atomic mass is 10.1. The van der Waals surface area contributed by atoms with Gasteiger partial charge in [-0.1, -0.05) is 18.2 Å². The van der Waals surface area contributed by atoms with Gasteiger partial charge in [0.15, 0.2) is 5.82 Å². The molecular formula is C19H17FN4O2. The maximum absolute atomic E-state index is 13.2. The van der Waals surface area contributed by atoms with E-state index in [-0.39, 0.29) is 17.8 Å². The highest BCUT2D eigenvalue weighted by Crippen LogP contribution is 2.21. The molecule has 7 heteroatoms. The van der Waals surface area contributed by atoms with Gasteiger partial charge in [-0.25, -0.2) is 9.37 Å². The molecule has 1 saturated heterocycles. The van der Waals surface area contributed by atoms with Crippen molar-refractivity contribution >= 4 is 5.91 Å². The average molecular weight is 352 g/mol. The van der Waals surface area contributed by atoms with Gasteiger partial charge in [-0.15, -0.1) is 0 Å². The summed E-state index contributed by atoms with van der Waals surface area (Å²) in [7, 11) is 0. The molecular weight excluding hydrogens is 335 g/mol. The summed E-state index contributed by atoms with van der Waals surface area (Å²) in [5.74, 6) is 0.772. The zero-order chi connectivity index (χ0) is 17.9. The van der Waals surface area contributed by atoms with Crippen LogP contribution in [-0.2, 0) is 0 Å². The van der Waals surface area contributed by atoms with Crippen LogP contribution in [0, 0.1) is 5.82 Å². The monoisotopic (exact) mass is 352 g/mol. The number of hydrogen-bond acceptors (Lipinski definition) is 4. The van der Waals surface area contributed by atoms with Gasteiger partial charge < -0.3 is 9.64 Å². The molecule has 1 aliphatic rings. The van der Waals surface area contributed by atoms with E-state index < -0.39 is 0 Å². The molecule has 0 aliphatic carbocycles. The molecule has 26 heavy (non-hydrogen) atoms. The molecule has 2 heterocycles. The Bertz CT molecular complexity index is 896. The molecule has 1 aromatic heterocycles. The highest BCUT2D eigenvalue weighted by molar-refractivity contribution is 5.94. The second-order valence-electron chi connectivity index (χ2n) is 6.15. The molecule has 0 bridgehead atoms. The van der Waals surface area contributed by atoms with Gasteiger partial charge in [0.05, 0.1) is 6.54 Å². The van der Waals surface area contributed by atoms with Crippen LogP contribution in [0.1, 0.15) is 16.8 Å². The largest absolute Gasteiger partial charge is 0.488 e. The van der Waals surface area contributed by atoms with E-state index in [4.69, 9.17) is 4.74 Å². The fourth-order valence-electron chi connectivity index (χ4n) is 3.04. The molecule has 0 radical (unpaired) electrons. The van der Waals surface area contributed by atoms with E-state index in [1.165, 1.54) is 18.5 Å². The van der Waals surface area contributed by atoms with E-state index in [1.807, 2.05) is 12.1 Å². The number of aromatic amines is 1. The zero-order valence-corrected chi connectivity index (χ0v) is 13.9. The first-order valence-electron chi connectivity index (χ1n) is 8.36. The second kappa shape index (κ2) is 6.95. The zero-order valence-electron chi connectivity index (χ0n) is 13.9. The van der Waals surface area contributed by atoms with E-state index in [0.29, 0.717) is 30.2 Å². The number of carbonyl (C=O) groups is 1. The number of H-pyrrole nitrogens is 1. The molecule has 4 rings (SSSR count). The summed E-state index contributed by atoms with van der Waals surface area (Å²) in [6.45, 7) is 1.10. The SMILES string of the molecule is O=C(c1ccc(-c2ncn[nH]2)cc1)N1CCC(Oc2cccc(F)c2)C1. The van der Waals surface area contributed by atoms with Crippen molar-refractivity contribution in [3.63, 3.8) is 0 Å². The third-order valence-corrected chi connectivity index (χ3v) is 4.35. The van der Waals surface area contributed by atoms with E-state index in [9.17, 15) is 9.18 Å². The number of benzene rings is 2. The minimum Gasteiger partial charge on any atom is -0.488 e. The summed E-state index contributed by atoms with van der Waals surface area (Å²) in [4.78, 5) is 18.5. The van der Waals surface area contributed by atoms with Crippen LogP contribution in [0.5, 0.6) is 5.75 Å². The Morgan fingerprint density at radius 2 is 2.08 bits per heavy atom. The highest BCUT2D eigenvalue weighted by atomic mass is 19.1. The Morgan fingerprint density at radius 3 is 2.81 bits per heavy atom. The van der Waals surface area contributed by atoms with Gasteiger partial charge in [0, 0.05) is 30.2 Å². The molecule has 1 fully saturated rings. The molecule has 1 atom stereocenters. The topological polar surface area (TPSA) is 71.1 Å². The van der Waals surface area contributed by atoms with E-state index in [0.717, 1.165) is 12.0 Å². The first-order chi connectivity index (χ1) is 12.7. The maximum Gasteiger partial charge on any atom is 0.253 e. The Labute approximate surface area is 149 Å². The summed E-state index contributed by atoms with van der Waals surface area (Å²) >= 11 is 0. The number of carbonyl (C=O) groups excluding carboxylic acids is 1. The van der Waals surface area contributed by atoms with Crippen LogP contribution in [0.25, 0.3) is 11.4 Å². The van der Waals surface area contributed by atoms with Crippen molar-refractivity contribution in [2.45, 2.75) is 12.5 Å². The van der Waals surface area contributed by atoms with E-state index >= 15 is 0 Å². The van der Waals surface area contributed by atoms with Gasteiger partial charge in [-0.05, 0) is 24.3 Å². The number of rotatable bonds is 4. The van der Waals surface area contributed by atoms with Crippen LogP contribution < -0.4 is 4.74 Å². The molecule has 3 aromatic rings. The van der Waals surface area contributed by atoms with Crippen LogP contribution in [0.15, 0.2) is 54.9 Å². The maximum atomic E-state index is 13.2. The van der Waals surface area contributed by atoms with Gasteiger partial charge in [0.2, 0.25) is 0 Å². The molecule has 132 valence electrons. The van der Waals surface area contributed by atoms with Gasteiger partial charge >= 0.3 is 0 Å². The number of halogens is 1. The Morgan fingerprint density at radius 1 is 1.23 bits per heavy atom. The van der Waals surface area contributed by atoms with Crippen LogP contribution in [-0.4, -0.2) is 45.2 Å². The molecule has 1 amide bonds. The third kappa shape index (κ3) is 3.42. The third-order valence-electron chi connectivity index (χ3n) is 4.35. The smallest absolute Gasteiger partial charge is 0.253 e. The highest BCUT2D eigenvalue weighted by Gasteiger charge is 2.28. The fourth-order valence-corrected chi connectivity index (χ4v) is 3.04. The second-order valence-corrected chi connectivity index (χ2v) is 6.15. The molecule has 6 nitrogen and oxygen atoms in total. The quantitative estimate of drug-likeness (QED) is 0.784. The van der Waals surface area contributed by atoms with Gasteiger partial charge in [-0.3, -0.25) is 9.89 Å². The summed E-state index contributed by atoms with van der Waals surface area (Å²) in [5.41, 5.74) is 1.48. The molecule has 1 unspecified atom stereocenters. The van der Waals surface area contributed by atoms with Crippen LogP contribution in [0.3, 0.4) is 0 Å². The Kier molecular flexibility index (Phi) is 4.35. The van der Waals surface area contributed by atoms with Crippen molar-refractivity contribution in [2.24, 2.45) is 0 Å². The van der Waals surface area contributed by atoms with Crippen molar-refractivity contribution in [2.75, 3.05) is 13.1 Å². The number of nitrogens with zero attached hydrogens (tertiary/aromatic N) is 3. The molecule has 0 spiro atoms. The summed E-state index contributed by atoms with van der Waals surface area (Å²) in [6.07, 6.45) is 2.03. The molecule has 0 saturated carbocycles. The molecule has 1 N–H and O–H groups in total. The van der Waals surface area contributed by atoms with Gasteiger partial charge in [0.1, 0.15) is 24.0 Å². The summed E-state index contributed by atoms with van der Waals surface area (Å²) in [6, 6.07) is 13.3. The number of aromatic nitrogens is 3. The van der Waals surface area contributed by atoms with E-state index in [2.05, 4.69) is 15.2 Å². The standard InChI is InChI=1S/C19H17FN4O2/c20-15-2-1-3-16(10-15)26-17-8-9-24(11-17)19(25)14-6-4-13(5-7-14)18-21-12-22-23-18/h1-7,10,12,17H,8-9,11H2,(H,21,22,23). The lowest BCUT2D eigenvalue weighted by molar-refractivity contribution is 0.0772. The number of hydrogen-bond donors (Lipinski definition) is 1. The van der Waals surface area contributed by atoms with Crippen molar-refractivity contribution in [1.82, 2.24) is 20.1 Å². The first kappa shape index (κ1) is 16.3. The minimum absolute atomic E-state index is 0.0422. The number of likely N-dealkylation sites (tertiary alicyclic amines) is 1. The average Bonchev–Trinajstić information content (AvgIpc) is 3.33.